The highest BCUT2D eigenvalue weighted by Gasteiger charge is 2.23. The number of nitrogens with zero attached hydrogens (tertiary/aromatic N) is 1. The summed E-state index contributed by atoms with van der Waals surface area (Å²) in [5.74, 6) is 0.0942. The molecule has 1 atom stereocenters. The fourth-order valence-electron chi connectivity index (χ4n) is 2.09. The maximum Gasteiger partial charge on any atom is 0.339 e. The van der Waals surface area contributed by atoms with Crippen molar-refractivity contribution < 1.29 is 19.4 Å². The van der Waals surface area contributed by atoms with Gasteiger partial charge < -0.3 is 19.1 Å². The van der Waals surface area contributed by atoms with Gasteiger partial charge in [0, 0.05) is 30.3 Å². The molecule has 0 aliphatic rings. The lowest BCUT2D eigenvalue weighted by molar-refractivity contribution is -0.153. The van der Waals surface area contributed by atoms with Crippen LogP contribution in [0.5, 0.6) is 5.75 Å². The summed E-state index contributed by atoms with van der Waals surface area (Å²) in [4.78, 5) is 11.6. The first-order valence-corrected chi connectivity index (χ1v) is 6.06. The zero-order valence-corrected chi connectivity index (χ0v) is 11.2. The Kier molecular flexibility index (Phi) is 3.76. The average Bonchev–Trinajstić information content (AvgIpc) is 2.75. The average molecular weight is 263 g/mol. The van der Waals surface area contributed by atoms with E-state index in [0.29, 0.717) is 5.56 Å². The molecule has 0 saturated carbocycles. The van der Waals surface area contributed by atoms with Gasteiger partial charge in [-0.05, 0) is 19.1 Å². The van der Waals surface area contributed by atoms with E-state index in [9.17, 15) is 9.90 Å². The summed E-state index contributed by atoms with van der Waals surface area (Å²) in [5.41, 5.74) is 1.43. The zero-order chi connectivity index (χ0) is 14.0. The topological polar surface area (TPSA) is 60.7 Å². The molecule has 0 spiro atoms. The minimum absolute atomic E-state index is 0.245. The van der Waals surface area contributed by atoms with E-state index in [-0.39, 0.29) is 6.61 Å². The number of ether oxygens (including phenoxy) is 2. The third-order valence-electron chi connectivity index (χ3n) is 3.03. The molecule has 1 aromatic carbocycles. The zero-order valence-electron chi connectivity index (χ0n) is 11.2. The number of aliphatic hydroxyl groups is 1. The lowest BCUT2D eigenvalue weighted by atomic mass is 10.1. The van der Waals surface area contributed by atoms with Crippen LogP contribution in [0.4, 0.5) is 0 Å². The van der Waals surface area contributed by atoms with Crippen LogP contribution in [0.3, 0.4) is 0 Å². The number of carbonyl (C=O) groups is 1. The van der Waals surface area contributed by atoms with E-state index < -0.39 is 12.1 Å². The van der Waals surface area contributed by atoms with Gasteiger partial charge in [-0.3, -0.25) is 0 Å². The van der Waals surface area contributed by atoms with E-state index in [1.54, 1.807) is 26.3 Å². The van der Waals surface area contributed by atoms with Gasteiger partial charge >= 0.3 is 5.97 Å². The number of methoxy groups -OCH3 is 1. The molecule has 0 amide bonds. The molecule has 0 saturated heterocycles. The molecule has 1 aromatic heterocycles. The number of hydrogen-bond donors (Lipinski definition) is 1. The molecule has 102 valence electrons. The van der Waals surface area contributed by atoms with Crippen molar-refractivity contribution in [3.05, 3.63) is 30.0 Å². The Balaban J connectivity index is 2.47. The molecule has 5 heteroatoms. The Bertz CT molecular complexity index is 603. The predicted molar refractivity (Wildman–Crippen MR) is 71.1 cm³/mol. The summed E-state index contributed by atoms with van der Waals surface area (Å²) >= 11 is 0. The van der Waals surface area contributed by atoms with Crippen LogP contribution in [-0.2, 0) is 16.6 Å². The van der Waals surface area contributed by atoms with Crippen LogP contribution >= 0.6 is 0 Å². The van der Waals surface area contributed by atoms with E-state index >= 15 is 0 Å². The molecule has 1 heterocycles. The van der Waals surface area contributed by atoms with Crippen LogP contribution in [0.15, 0.2) is 24.4 Å². The lowest BCUT2D eigenvalue weighted by Gasteiger charge is -2.08. The van der Waals surface area contributed by atoms with Crippen molar-refractivity contribution in [2.24, 2.45) is 7.05 Å². The first-order valence-electron chi connectivity index (χ1n) is 6.06. The number of carbonyl (C=O) groups excluding carboxylic acids is 1. The highest BCUT2D eigenvalue weighted by Crippen LogP contribution is 2.29. The van der Waals surface area contributed by atoms with Gasteiger partial charge in [0.1, 0.15) is 5.75 Å². The number of fused-ring (bicyclic) bond motifs is 1. The Morgan fingerprint density at radius 2 is 2.21 bits per heavy atom. The Labute approximate surface area is 111 Å². The molecule has 1 unspecified atom stereocenters. The number of aliphatic hydroxyl groups excluding tert-OH is 1. The summed E-state index contributed by atoms with van der Waals surface area (Å²) in [5, 5.41) is 10.8. The quantitative estimate of drug-likeness (QED) is 0.854. The van der Waals surface area contributed by atoms with Crippen molar-refractivity contribution in [3.63, 3.8) is 0 Å². The number of aryl methyl sites for hydroxylation is 1. The van der Waals surface area contributed by atoms with Gasteiger partial charge in [0.15, 0.2) is 6.10 Å². The Hall–Kier alpha value is -2.01. The van der Waals surface area contributed by atoms with E-state index in [0.717, 1.165) is 16.7 Å². The molecule has 0 bridgehead atoms. The van der Waals surface area contributed by atoms with Gasteiger partial charge in [-0.25, -0.2) is 4.79 Å². The van der Waals surface area contributed by atoms with Crippen molar-refractivity contribution in [1.82, 2.24) is 4.57 Å². The van der Waals surface area contributed by atoms with Crippen LogP contribution in [0.2, 0.25) is 0 Å². The molecule has 1 N–H and O–H groups in total. The molecule has 5 nitrogen and oxygen atoms in total. The summed E-state index contributed by atoms with van der Waals surface area (Å²) in [6, 6.07) is 5.48. The van der Waals surface area contributed by atoms with Crippen LogP contribution in [-0.4, -0.2) is 29.4 Å². The molecule has 2 rings (SSSR count). The van der Waals surface area contributed by atoms with Crippen LogP contribution in [0.1, 0.15) is 18.6 Å². The van der Waals surface area contributed by atoms with E-state index in [4.69, 9.17) is 9.47 Å². The second kappa shape index (κ2) is 5.32. The lowest BCUT2D eigenvalue weighted by Crippen LogP contribution is -2.15. The van der Waals surface area contributed by atoms with Crippen LogP contribution in [0, 0.1) is 0 Å². The minimum Gasteiger partial charge on any atom is -0.497 e. The van der Waals surface area contributed by atoms with Crippen molar-refractivity contribution in [2.45, 2.75) is 13.0 Å². The third-order valence-corrected chi connectivity index (χ3v) is 3.03. The van der Waals surface area contributed by atoms with Crippen LogP contribution in [0.25, 0.3) is 10.9 Å². The maximum absolute atomic E-state index is 11.6. The predicted octanol–water partition coefficient (Wildman–Crippen LogP) is 1.78. The maximum atomic E-state index is 11.6. The third kappa shape index (κ3) is 2.42. The molecule has 0 radical (unpaired) electrons. The monoisotopic (exact) mass is 263 g/mol. The summed E-state index contributed by atoms with van der Waals surface area (Å²) in [6.07, 6.45) is 0.461. The summed E-state index contributed by atoms with van der Waals surface area (Å²) in [6.45, 7) is 1.95. The molecule has 19 heavy (non-hydrogen) atoms. The smallest absolute Gasteiger partial charge is 0.339 e. The first-order chi connectivity index (χ1) is 9.08. The van der Waals surface area contributed by atoms with Gasteiger partial charge in [0.05, 0.1) is 19.2 Å². The van der Waals surface area contributed by atoms with Gasteiger partial charge in [0.25, 0.3) is 0 Å². The molecular formula is C14H17NO4. The number of esters is 1. The molecule has 0 fully saturated rings. The van der Waals surface area contributed by atoms with Crippen molar-refractivity contribution in [1.29, 1.82) is 0 Å². The highest BCUT2D eigenvalue weighted by atomic mass is 16.5. The molecule has 2 aromatic rings. The van der Waals surface area contributed by atoms with Crippen molar-refractivity contribution in [2.75, 3.05) is 13.7 Å². The molecule has 0 aliphatic heterocycles. The van der Waals surface area contributed by atoms with Crippen LogP contribution < -0.4 is 4.74 Å². The van der Waals surface area contributed by atoms with E-state index in [2.05, 4.69) is 0 Å². The second-order valence-corrected chi connectivity index (χ2v) is 4.23. The van der Waals surface area contributed by atoms with E-state index in [1.807, 2.05) is 23.7 Å². The standard InChI is InChI=1S/C14H17NO4/c1-4-19-14(17)13(16)11-8-15(2)12-7-9(18-3)5-6-10(11)12/h5-8,13,16H,4H2,1-3H3. The normalized spacial score (nSPS) is 12.4. The van der Waals surface area contributed by atoms with Crippen molar-refractivity contribution >= 4 is 16.9 Å². The number of rotatable bonds is 4. The number of hydrogen-bond acceptors (Lipinski definition) is 4. The molecule has 0 aliphatic carbocycles. The first kappa shape index (κ1) is 13.4. The number of aromatic nitrogens is 1. The number of benzene rings is 1. The molecular weight excluding hydrogens is 246 g/mol. The fraction of sp³-hybridized carbons (Fsp3) is 0.357. The highest BCUT2D eigenvalue weighted by molar-refractivity contribution is 5.90. The SMILES string of the molecule is CCOC(=O)C(O)c1cn(C)c2cc(OC)ccc12. The van der Waals surface area contributed by atoms with Gasteiger partial charge in [0.2, 0.25) is 0 Å². The largest absolute Gasteiger partial charge is 0.497 e. The van der Waals surface area contributed by atoms with Gasteiger partial charge in [-0.1, -0.05) is 0 Å². The van der Waals surface area contributed by atoms with Gasteiger partial charge in [-0.15, -0.1) is 0 Å². The van der Waals surface area contributed by atoms with Crippen molar-refractivity contribution in [3.8, 4) is 5.75 Å². The fourth-order valence-corrected chi connectivity index (χ4v) is 2.09. The van der Waals surface area contributed by atoms with E-state index in [1.165, 1.54) is 0 Å². The Morgan fingerprint density at radius 3 is 2.84 bits per heavy atom. The summed E-state index contributed by atoms with van der Waals surface area (Å²) < 4.78 is 11.8. The Morgan fingerprint density at radius 1 is 1.47 bits per heavy atom. The summed E-state index contributed by atoms with van der Waals surface area (Å²) in [7, 11) is 3.45. The minimum atomic E-state index is -1.27. The second-order valence-electron chi connectivity index (χ2n) is 4.23. The van der Waals surface area contributed by atoms with Gasteiger partial charge in [-0.2, -0.15) is 0 Å².